The number of ether oxygens (including phenoxy) is 1. The second-order valence-electron chi connectivity index (χ2n) is 6.91. The van der Waals surface area contributed by atoms with E-state index in [9.17, 15) is 4.79 Å². The Morgan fingerprint density at radius 2 is 1.84 bits per heavy atom. The molecular weight excluding hydrogens is 336 g/mol. The third-order valence-electron chi connectivity index (χ3n) is 5.28. The predicted octanol–water partition coefficient (Wildman–Crippen LogP) is 3.99. The summed E-state index contributed by atoms with van der Waals surface area (Å²) in [5, 5.41) is 0. The Bertz CT molecular complexity index is 546. The first kappa shape index (κ1) is 20.1. The number of amides is 1. The molecule has 2 saturated heterocycles. The standard InChI is InChI=1S/C20H30N2O2.ClH/c1-2-24-19-11-4-3-10-18(19)20(23)22-15-6-5-9-17(22)12-16-21-13-7-8-14-21;/h3-4,10-11,17H,2,5-9,12-16H2,1H3;1H. The average Bonchev–Trinajstić information content (AvgIpc) is 3.14. The van der Waals surface area contributed by atoms with Crippen molar-refractivity contribution in [3.05, 3.63) is 29.8 Å². The van der Waals surface area contributed by atoms with Gasteiger partial charge in [-0.3, -0.25) is 4.79 Å². The first-order chi connectivity index (χ1) is 11.8. The van der Waals surface area contributed by atoms with Gasteiger partial charge in [0.1, 0.15) is 5.75 Å². The SMILES string of the molecule is CCOc1ccccc1C(=O)N1CCCCC1CCN1CCCC1.Cl. The molecule has 0 N–H and O–H groups in total. The molecule has 1 amide bonds. The Kier molecular flexibility index (Phi) is 8.04. The molecule has 0 radical (unpaired) electrons. The van der Waals surface area contributed by atoms with E-state index in [2.05, 4.69) is 9.80 Å². The van der Waals surface area contributed by atoms with Crippen molar-refractivity contribution < 1.29 is 9.53 Å². The van der Waals surface area contributed by atoms with Crippen LogP contribution in [0.3, 0.4) is 0 Å². The molecule has 0 bridgehead atoms. The molecule has 25 heavy (non-hydrogen) atoms. The monoisotopic (exact) mass is 366 g/mol. The number of carbonyl (C=O) groups is 1. The summed E-state index contributed by atoms with van der Waals surface area (Å²) < 4.78 is 5.67. The van der Waals surface area contributed by atoms with E-state index >= 15 is 0 Å². The first-order valence-electron chi connectivity index (χ1n) is 9.54. The van der Waals surface area contributed by atoms with E-state index in [-0.39, 0.29) is 18.3 Å². The minimum absolute atomic E-state index is 0. The van der Waals surface area contributed by atoms with Gasteiger partial charge in [-0.1, -0.05) is 12.1 Å². The van der Waals surface area contributed by atoms with Gasteiger partial charge in [-0.15, -0.1) is 12.4 Å². The van der Waals surface area contributed by atoms with Crippen LogP contribution < -0.4 is 4.74 Å². The molecule has 0 spiro atoms. The van der Waals surface area contributed by atoms with Crippen molar-refractivity contribution in [2.24, 2.45) is 0 Å². The van der Waals surface area contributed by atoms with Crippen LogP contribution in [0.5, 0.6) is 5.75 Å². The highest BCUT2D eigenvalue weighted by Crippen LogP contribution is 2.26. The summed E-state index contributed by atoms with van der Waals surface area (Å²) in [6.45, 7) is 7.01. The molecule has 1 aromatic carbocycles. The van der Waals surface area contributed by atoms with Crippen LogP contribution in [0.25, 0.3) is 0 Å². The zero-order valence-corrected chi connectivity index (χ0v) is 16.1. The largest absolute Gasteiger partial charge is 0.493 e. The highest BCUT2D eigenvalue weighted by Gasteiger charge is 2.29. The van der Waals surface area contributed by atoms with Gasteiger partial charge in [-0.05, 0) is 70.7 Å². The number of hydrogen-bond acceptors (Lipinski definition) is 3. The topological polar surface area (TPSA) is 32.8 Å². The third kappa shape index (κ3) is 5.11. The first-order valence-corrected chi connectivity index (χ1v) is 9.54. The van der Waals surface area contributed by atoms with Gasteiger partial charge in [-0.25, -0.2) is 0 Å². The molecule has 4 nitrogen and oxygen atoms in total. The Morgan fingerprint density at radius 3 is 2.60 bits per heavy atom. The lowest BCUT2D eigenvalue weighted by molar-refractivity contribution is 0.0584. The van der Waals surface area contributed by atoms with Gasteiger partial charge < -0.3 is 14.5 Å². The molecule has 3 rings (SSSR count). The predicted molar refractivity (Wildman–Crippen MR) is 104 cm³/mol. The number of carbonyl (C=O) groups excluding carboxylic acids is 1. The van der Waals surface area contributed by atoms with E-state index in [0.29, 0.717) is 24.0 Å². The van der Waals surface area contributed by atoms with Crippen molar-refractivity contribution >= 4 is 18.3 Å². The van der Waals surface area contributed by atoms with Crippen molar-refractivity contribution in [1.82, 2.24) is 9.80 Å². The second kappa shape index (κ2) is 10.0. The summed E-state index contributed by atoms with van der Waals surface area (Å²) in [6, 6.07) is 8.04. The van der Waals surface area contributed by atoms with Crippen molar-refractivity contribution in [3.63, 3.8) is 0 Å². The van der Waals surface area contributed by atoms with Crippen LogP contribution in [0.2, 0.25) is 0 Å². The smallest absolute Gasteiger partial charge is 0.257 e. The van der Waals surface area contributed by atoms with Crippen LogP contribution in [-0.4, -0.2) is 54.5 Å². The molecule has 2 aliphatic rings. The summed E-state index contributed by atoms with van der Waals surface area (Å²) in [7, 11) is 0. The fourth-order valence-corrected chi connectivity index (χ4v) is 3.99. The number of halogens is 1. The molecular formula is C20H31ClN2O2. The van der Waals surface area contributed by atoms with Crippen molar-refractivity contribution in [2.75, 3.05) is 32.8 Å². The van der Waals surface area contributed by atoms with Gasteiger partial charge in [-0.2, -0.15) is 0 Å². The maximum Gasteiger partial charge on any atom is 0.257 e. The van der Waals surface area contributed by atoms with Gasteiger partial charge in [0.2, 0.25) is 0 Å². The van der Waals surface area contributed by atoms with Crippen molar-refractivity contribution in [3.8, 4) is 5.75 Å². The molecule has 2 heterocycles. The number of nitrogens with zero attached hydrogens (tertiary/aromatic N) is 2. The Hall–Kier alpha value is -1.26. The third-order valence-corrected chi connectivity index (χ3v) is 5.28. The molecule has 2 aliphatic heterocycles. The lowest BCUT2D eigenvalue weighted by atomic mass is 9.97. The molecule has 5 heteroatoms. The van der Waals surface area contributed by atoms with E-state index in [4.69, 9.17) is 4.74 Å². The van der Waals surface area contributed by atoms with Crippen molar-refractivity contribution in [2.45, 2.75) is 51.5 Å². The number of para-hydroxylation sites is 1. The summed E-state index contributed by atoms with van der Waals surface area (Å²) in [5.41, 5.74) is 0.715. The Morgan fingerprint density at radius 1 is 1.12 bits per heavy atom. The number of hydrogen-bond donors (Lipinski definition) is 0. The number of piperidine rings is 1. The maximum atomic E-state index is 13.1. The minimum Gasteiger partial charge on any atom is -0.493 e. The van der Waals surface area contributed by atoms with E-state index in [0.717, 1.165) is 32.4 Å². The second-order valence-corrected chi connectivity index (χ2v) is 6.91. The zero-order chi connectivity index (χ0) is 16.8. The quantitative estimate of drug-likeness (QED) is 0.763. The molecule has 140 valence electrons. The number of rotatable bonds is 6. The fourth-order valence-electron chi connectivity index (χ4n) is 3.99. The highest BCUT2D eigenvalue weighted by atomic mass is 35.5. The summed E-state index contributed by atoms with van der Waals surface area (Å²) >= 11 is 0. The molecule has 1 unspecified atom stereocenters. The van der Waals surface area contributed by atoms with E-state index in [1.165, 1.54) is 32.4 Å². The minimum atomic E-state index is 0. The molecule has 1 aromatic rings. The molecule has 0 aliphatic carbocycles. The van der Waals surface area contributed by atoms with Gasteiger partial charge in [0.15, 0.2) is 0 Å². The van der Waals surface area contributed by atoms with Gasteiger partial charge >= 0.3 is 0 Å². The van der Waals surface area contributed by atoms with Crippen LogP contribution in [0.15, 0.2) is 24.3 Å². The molecule has 1 atom stereocenters. The number of likely N-dealkylation sites (tertiary alicyclic amines) is 2. The zero-order valence-electron chi connectivity index (χ0n) is 15.3. The normalized spacial score (nSPS) is 21.0. The summed E-state index contributed by atoms with van der Waals surface area (Å²) in [5.74, 6) is 0.860. The van der Waals surface area contributed by atoms with E-state index in [1.54, 1.807) is 0 Å². The van der Waals surface area contributed by atoms with Gasteiger partial charge in [0.25, 0.3) is 5.91 Å². The van der Waals surface area contributed by atoms with Crippen LogP contribution >= 0.6 is 12.4 Å². The Labute approximate surface area is 157 Å². The van der Waals surface area contributed by atoms with E-state index < -0.39 is 0 Å². The van der Waals surface area contributed by atoms with Gasteiger partial charge in [0, 0.05) is 19.1 Å². The lowest BCUT2D eigenvalue weighted by Gasteiger charge is -2.37. The van der Waals surface area contributed by atoms with Crippen LogP contribution in [0.1, 0.15) is 55.8 Å². The maximum absolute atomic E-state index is 13.1. The van der Waals surface area contributed by atoms with Crippen LogP contribution in [0.4, 0.5) is 0 Å². The molecule has 0 aromatic heterocycles. The average molecular weight is 367 g/mol. The van der Waals surface area contributed by atoms with Crippen LogP contribution in [-0.2, 0) is 0 Å². The fraction of sp³-hybridized carbons (Fsp3) is 0.650. The van der Waals surface area contributed by atoms with Crippen molar-refractivity contribution in [1.29, 1.82) is 0 Å². The highest BCUT2D eigenvalue weighted by molar-refractivity contribution is 5.97. The van der Waals surface area contributed by atoms with E-state index in [1.807, 2.05) is 31.2 Å². The molecule has 0 saturated carbocycles. The summed E-state index contributed by atoms with van der Waals surface area (Å²) in [4.78, 5) is 17.8. The van der Waals surface area contributed by atoms with Crippen LogP contribution in [0, 0.1) is 0 Å². The Balaban J connectivity index is 0.00000225. The molecule has 2 fully saturated rings. The van der Waals surface area contributed by atoms with Gasteiger partial charge in [0.05, 0.1) is 12.2 Å². The lowest BCUT2D eigenvalue weighted by Crippen LogP contribution is -2.45. The summed E-state index contributed by atoms with van der Waals surface area (Å²) in [6.07, 6.45) is 7.24. The number of benzene rings is 1.